The third kappa shape index (κ3) is 5.12. The second-order valence-corrected chi connectivity index (χ2v) is 6.64. The topological polar surface area (TPSA) is 26.3 Å². The maximum absolute atomic E-state index is 13.5. The summed E-state index contributed by atoms with van der Waals surface area (Å²) in [6.45, 7) is -1.62. The zero-order chi connectivity index (χ0) is 26.4. The second kappa shape index (κ2) is 8.29. The molecule has 0 N–H and O–H groups in total. The molecule has 2 nitrogen and oxygen atoms in total. The SMILES string of the molecule is CCC(C)(F)C(=O)OCC(F)(F)C(F)(F)CC(F)(F)C(F)(F)C(F)(F)C(F)(F)C(F)(F)F. The maximum atomic E-state index is 13.5. The van der Waals surface area contributed by atoms with Crippen LogP contribution < -0.4 is 0 Å². The first-order chi connectivity index (χ1) is 13.6. The van der Waals surface area contributed by atoms with Gasteiger partial charge >= 0.3 is 47.7 Å². The molecular weight excluding hydrogens is 504 g/mol. The zero-order valence-corrected chi connectivity index (χ0v) is 15.5. The lowest BCUT2D eigenvalue weighted by Crippen LogP contribution is -2.67. The molecule has 0 heterocycles. The van der Waals surface area contributed by atoms with Crippen LogP contribution >= 0.6 is 0 Å². The summed E-state index contributed by atoms with van der Waals surface area (Å²) < 4.78 is 211. The molecule has 192 valence electrons. The fraction of sp³-hybridized carbons (Fsp3) is 0.929. The summed E-state index contributed by atoms with van der Waals surface area (Å²) in [5.41, 5.74) is -3.06. The smallest absolute Gasteiger partial charge is 0.457 e. The molecule has 0 aromatic rings. The average molecular weight is 516 g/mol. The van der Waals surface area contributed by atoms with Crippen molar-refractivity contribution in [2.75, 3.05) is 6.61 Å². The van der Waals surface area contributed by atoms with Crippen LogP contribution in [0.4, 0.5) is 70.2 Å². The molecule has 0 aliphatic carbocycles. The van der Waals surface area contributed by atoms with Gasteiger partial charge in [0.2, 0.25) is 5.67 Å². The van der Waals surface area contributed by atoms with Gasteiger partial charge in [0.15, 0.2) is 6.61 Å². The third-order valence-corrected chi connectivity index (χ3v) is 4.06. The Bertz CT molecular complexity index is 679. The van der Waals surface area contributed by atoms with Crippen molar-refractivity contribution in [3.05, 3.63) is 0 Å². The Hall–Kier alpha value is -1.65. The van der Waals surface area contributed by atoms with Gasteiger partial charge in [-0.05, 0) is 13.3 Å². The fourth-order valence-corrected chi connectivity index (χ4v) is 1.68. The summed E-state index contributed by atoms with van der Waals surface area (Å²) in [4.78, 5) is 11.1. The van der Waals surface area contributed by atoms with Crippen LogP contribution in [-0.2, 0) is 9.53 Å². The highest BCUT2D eigenvalue weighted by molar-refractivity contribution is 5.78. The van der Waals surface area contributed by atoms with E-state index in [1.165, 1.54) is 0 Å². The second-order valence-electron chi connectivity index (χ2n) is 6.64. The Labute approximate surface area is 167 Å². The Morgan fingerprint density at radius 1 is 0.625 bits per heavy atom. The molecule has 0 aromatic heterocycles. The molecule has 0 bridgehead atoms. The van der Waals surface area contributed by atoms with E-state index in [-0.39, 0.29) is 0 Å². The number of ether oxygens (including phenoxy) is 1. The van der Waals surface area contributed by atoms with Crippen LogP contribution in [0, 0.1) is 0 Å². The first kappa shape index (κ1) is 30.3. The Morgan fingerprint density at radius 2 is 1.03 bits per heavy atom. The molecule has 0 saturated heterocycles. The van der Waals surface area contributed by atoms with Crippen molar-refractivity contribution >= 4 is 5.97 Å². The van der Waals surface area contributed by atoms with Gasteiger partial charge in [-0.3, -0.25) is 0 Å². The van der Waals surface area contributed by atoms with Gasteiger partial charge in [0.1, 0.15) is 0 Å². The summed E-state index contributed by atoms with van der Waals surface area (Å²) in [7, 11) is 0. The summed E-state index contributed by atoms with van der Waals surface area (Å²) in [6.07, 6.45) is -12.7. The predicted octanol–water partition coefficient (Wildman–Crippen LogP) is 6.43. The van der Waals surface area contributed by atoms with Crippen molar-refractivity contribution in [3.63, 3.8) is 0 Å². The van der Waals surface area contributed by atoms with Gasteiger partial charge in [0.25, 0.3) is 0 Å². The number of carbonyl (C=O) groups is 1. The molecule has 0 spiro atoms. The molecule has 1 atom stereocenters. The highest BCUT2D eigenvalue weighted by Gasteiger charge is 2.88. The molecule has 1 unspecified atom stereocenters. The van der Waals surface area contributed by atoms with Crippen LogP contribution in [0.2, 0.25) is 0 Å². The van der Waals surface area contributed by atoms with E-state index < -0.39 is 72.8 Å². The molecule has 0 amide bonds. The lowest BCUT2D eigenvalue weighted by atomic mass is 9.92. The van der Waals surface area contributed by atoms with Crippen LogP contribution in [0.15, 0.2) is 0 Å². The first-order valence-corrected chi connectivity index (χ1v) is 7.84. The number of hydrogen-bond acceptors (Lipinski definition) is 2. The minimum absolute atomic E-state index is 0.406. The molecule has 18 heteroatoms. The van der Waals surface area contributed by atoms with Crippen molar-refractivity contribution in [1.82, 2.24) is 0 Å². The third-order valence-electron chi connectivity index (χ3n) is 4.06. The standard InChI is InChI=1S/C14H12F16O2/c1-3-7(2,15)6(31)32-5-10(20,21)8(16,17)4-9(18,19)11(22,23)12(24,25)13(26,27)14(28,29)30/h3-5H2,1-2H3. The molecule has 0 fully saturated rings. The van der Waals surface area contributed by atoms with Gasteiger partial charge < -0.3 is 4.74 Å². The van der Waals surface area contributed by atoms with E-state index in [0.717, 1.165) is 6.92 Å². The van der Waals surface area contributed by atoms with Crippen molar-refractivity contribution in [2.45, 2.75) is 74.1 Å². The lowest BCUT2D eigenvalue weighted by Gasteiger charge is -2.39. The highest BCUT2D eigenvalue weighted by atomic mass is 19.4. The van der Waals surface area contributed by atoms with E-state index in [9.17, 15) is 75.0 Å². The van der Waals surface area contributed by atoms with Crippen LogP contribution in [0.3, 0.4) is 0 Å². The van der Waals surface area contributed by atoms with Gasteiger partial charge in [0.05, 0.1) is 6.42 Å². The van der Waals surface area contributed by atoms with E-state index in [4.69, 9.17) is 0 Å². The minimum atomic E-state index is -8.07. The normalized spacial score (nSPS) is 17.2. The van der Waals surface area contributed by atoms with E-state index in [1.54, 1.807) is 0 Å². The molecule has 0 rings (SSSR count). The average Bonchev–Trinajstić information content (AvgIpc) is 2.56. The monoisotopic (exact) mass is 516 g/mol. The van der Waals surface area contributed by atoms with Crippen molar-refractivity contribution < 1.29 is 79.8 Å². The van der Waals surface area contributed by atoms with E-state index >= 15 is 0 Å². The van der Waals surface area contributed by atoms with Crippen LogP contribution in [-0.4, -0.2) is 60.0 Å². The molecular formula is C14H12F16O2. The Kier molecular flexibility index (Phi) is 7.86. The van der Waals surface area contributed by atoms with Crippen LogP contribution in [0.25, 0.3) is 0 Å². The Balaban J connectivity index is 5.93. The fourth-order valence-electron chi connectivity index (χ4n) is 1.68. The Morgan fingerprint density at radius 3 is 1.38 bits per heavy atom. The van der Waals surface area contributed by atoms with E-state index in [1.807, 2.05) is 0 Å². The molecule has 0 radical (unpaired) electrons. The van der Waals surface area contributed by atoms with Gasteiger partial charge in [-0.25, -0.2) is 9.18 Å². The molecule has 0 aliphatic heterocycles. The first-order valence-electron chi connectivity index (χ1n) is 7.84. The zero-order valence-electron chi connectivity index (χ0n) is 15.5. The van der Waals surface area contributed by atoms with Crippen molar-refractivity contribution in [1.29, 1.82) is 0 Å². The van der Waals surface area contributed by atoms with Crippen molar-refractivity contribution in [3.8, 4) is 0 Å². The molecule has 0 aliphatic rings. The summed E-state index contributed by atoms with van der Waals surface area (Å²) in [5, 5.41) is 0. The molecule has 0 saturated carbocycles. The van der Waals surface area contributed by atoms with E-state index in [2.05, 4.69) is 4.74 Å². The van der Waals surface area contributed by atoms with Crippen LogP contribution in [0.1, 0.15) is 26.7 Å². The lowest BCUT2D eigenvalue weighted by molar-refractivity contribution is -0.427. The summed E-state index contributed by atoms with van der Waals surface area (Å²) in [5.74, 6) is -46.1. The number of esters is 1. The predicted molar refractivity (Wildman–Crippen MR) is 71.1 cm³/mol. The number of halogens is 16. The van der Waals surface area contributed by atoms with Gasteiger partial charge in [-0.2, -0.15) is 65.9 Å². The van der Waals surface area contributed by atoms with Crippen LogP contribution in [0.5, 0.6) is 0 Å². The van der Waals surface area contributed by atoms with Gasteiger partial charge in [-0.1, -0.05) is 6.92 Å². The number of carbonyl (C=O) groups excluding carboxylic acids is 1. The maximum Gasteiger partial charge on any atom is 0.460 e. The quantitative estimate of drug-likeness (QED) is 0.247. The number of alkyl halides is 16. The van der Waals surface area contributed by atoms with Crippen molar-refractivity contribution in [2.24, 2.45) is 0 Å². The van der Waals surface area contributed by atoms with Gasteiger partial charge in [0, 0.05) is 0 Å². The highest BCUT2D eigenvalue weighted by Crippen LogP contribution is 2.59. The number of hydrogen-bond donors (Lipinski definition) is 0. The molecule has 0 aromatic carbocycles. The summed E-state index contributed by atoms with van der Waals surface area (Å²) in [6, 6.07) is 0. The van der Waals surface area contributed by atoms with Gasteiger partial charge in [-0.15, -0.1) is 0 Å². The minimum Gasteiger partial charge on any atom is -0.457 e. The number of rotatable bonds is 10. The van der Waals surface area contributed by atoms with E-state index in [0.29, 0.717) is 6.92 Å². The molecule has 32 heavy (non-hydrogen) atoms. The summed E-state index contributed by atoms with van der Waals surface area (Å²) >= 11 is 0. The largest absolute Gasteiger partial charge is 0.460 e.